The minimum atomic E-state index is -2.89. The molecule has 3 rings (SSSR count). The van der Waals surface area contributed by atoms with Gasteiger partial charge in [0, 0.05) is 12.0 Å². The number of hydrogen-bond acceptors (Lipinski definition) is 5. The first-order chi connectivity index (χ1) is 12.7. The fourth-order valence-corrected chi connectivity index (χ4v) is 5.56. The van der Waals surface area contributed by atoms with E-state index in [0.29, 0.717) is 36.2 Å². The van der Waals surface area contributed by atoms with E-state index in [1.807, 2.05) is 0 Å². The minimum absolute atomic E-state index is 0.0843. The lowest BCUT2D eigenvalue weighted by molar-refractivity contribution is -0.917. The van der Waals surface area contributed by atoms with Crippen molar-refractivity contribution >= 4 is 22.1 Å². The van der Waals surface area contributed by atoms with E-state index in [0.717, 1.165) is 6.54 Å². The van der Waals surface area contributed by atoms with Crippen LogP contribution < -0.4 is 4.90 Å². The topological polar surface area (TPSA) is 69.5 Å². The van der Waals surface area contributed by atoms with Gasteiger partial charge in [0.2, 0.25) is 5.89 Å². The van der Waals surface area contributed by atoms with E-state index in [4.69, 9.17) is 16.6 Å². The maximum Gasteiger partial charge on any atom is 0.291 e. The first kappa shape index (κ1) is 20.2. The predicted octanol–water partition coefficient (Wildman–Crippen LogP) is 1.98. The van der Waals surface area contributed by atoms with Crippen molar-refractivity contribution in [3.8, 4) is 0 Å². The summed E-state index contributed by atoms with van der Waals surface area (Å²) in [5.41, 5.74) is 2.61. The molecule has 27 heavy (non-hydrogen) atoms. The van der Waals surface area contributed by atoms with Gasteiger partial charge in [-0.2, -0.15) is 4.68 Å². The number of rotatable bonds is 7. The van der Waals surface area contributed by atoms with Crippen molar-refractivity contribution in [1.82, 2.24) is 9.78 Å². The normalized spacial score (nSPS) is 20.2. The second-order valence-corrected chi connectivity index (χ2v) is 10.5. The summed E-state index contributed by atoms with van der Waals surface area (Å²) in [5, 5.41) is 4.47. The van der Waals surface area contributed by atoms with Gasteiger partial charge >= 0.3 is 0 Å². The van der Waals surface area contributed by atoms with E-state index in [2.05, 4.69) is 50.3 Å². The predicted molar refractivity (Wildman–Crippen MR) is 107 cm³/mol. The Bertz CT molecular complexity index is 930. The molecular weight excluding hydrogens is 382 g/mol. The Morgan fingerprint density at radius 3 is 2.63 bits per heavy atom. The number of sulfone groups is 1. The molecule has 0 aliphatic carbocycles. The maximum absolute atomic E-state index is 11.6. The molecule has 8 heteroatoms. The Kier molecular flexibility index (Phi) is 6.18. The van der Waals surface area contributed by atoms with Crippen LogP contribution in [0, 0.1) is 10.8 Å². The molecule has 0 amide bonds. The van der Waals surface area contributed by atoms with Crippen LogP contribution in [0.25, 0.3) is 0 Å². The third-order valence-electron chi connectivity index (χ3n) is 5.01. The van der Waals surface area contributed by atoms with Gasteiger partial charge in [0.25, 0.3) is 4.84 Å². The number of quaternary nitrogens is 1. The Labute approximate surface area is 166 Å². The minimum Gasteiger partial charge on any atom is -0.414 e. The number of nitrogens with zero attached hydrogens (tertiary/aromatic N) is 2. The molecule has 1 aromatic heterocycles. The van der Waals surface area contributed by atoms with E-state index < -0.39 is 9.84 Å². The lowest BCUT2D eigenvalue weighted by Gasteiger charge is -2.14. The monoisotopic (exact) mass is 410 g/mol. The van der Waals surface area contributed by atoms with Gasteiger partial charge in [0.15, 0.2) is 16.5 Å². The molecule has 1 N–H and O–H groups in total. The summed E-state index contributed by atoms with van der Waals surface area (Å²) in [5.74, 6) is 1.64. The fourth-order valence-electron chi connectivity index (χ4n) is 3.49. The highest BCUT2D eigenvalue weighted by Gasteiger charge is 2.29. The van der Waals surface area contributed by atoms with Crippen LogP contribution in [0.4, 0.5) is 0 Å². The van der Waals surface area contributed by atoms with Crippen LogP contribution in [-0.4, -0.2) is 36.8 Å². The lowest BCUT2D eigenvalue weighted by atomic mass is 10.0. The highest BCUT2D eigenvalue weighted by Crippen LogP contribution is 2.22. The Balaban J connectivity index is 1.58. The highest BCUT2D eigenvalue weighted by atomic mass is 32.2. The summed E-state index contributed by atoms with van der Waals surface area (Å²) in [6, 6.07) is 8.71. The average Bonchev–Trinajstić information content (AvgIpc) is 3.09. The van der Waals surface area contributed by atoms with Gasteiger partial charge in [0.05, 0.1) is 18.6 Å². The number of hydrogen-bond donors (Lipinski definition) is 1. The molecule has 1 fully saturated rings. The quantitative estimate of drug-likeness (QED) is 0.707. The second-order valence-electron chi connectivity index (χ2n) is 7.92. The van der Waals surface area contributed by atoms with Crippen molar-refractivity contribution in [3.63, 3.8) is 0 Å². The average molecular weight is 411 g/mol. The number of benzene rings is 1. The van der Waals surface area contributed by atoms with E-state index >= 15 is 0 Å². The molecule has 148 valence electrons. The van der Waals surface area contributed by atoms with Crippen LogP contribution in [0.15, 0.2) is 28.7 Å². The molecule has 0 radical (unpaired) electrons. The van der Waals surface area contributed by atoms with Crippen molar-refractivity contribution in [1.29, 1.82) is 0 Å². The smallest absolute Gasteiger partial charge is 0.291 e. The molecule has 1 unspecified atom stereocenters. The van der Waals surface area contributed by atoms with Crippen LogP contribution in [0.1, 0.15) is 43.2 Å². The van der Waals surface area contributed by atoms with E-state index in [9.17, 15) is 8.42 Å². The first-order valence-electron chi connectivity index (χ1n) is 9.39. The van der Waals surface area contributed by atoms with Crippen LogP contribution in [-0.2, 0) is 29.5 Å². The van der Waals surface area contributed by atoms with Crippen molar-refractivity contribution in [2.45, 2.75) is 45.8 Å². The summed E-state index contributed by atoms with van der Waals surface area (Å²) in [4.78, 5) is 1.59. The molecule has 0 saturated carbocycles. The number of nitrogens with one attached hydrogen (secondary N) is 1. The fraction of sp³-hybridized carbons (Fsp3) is 0.579. The van der Waals surface area contributed by atoms with E-state index in [1.54, 1.807) is 4.68 Å². The largest absolute Gasteiger partial charge is 0.414 e. The van der Waals surface area contributed by atoms with Crippen molar-refractivity contribution < 1.29 is 17.7 Å². The van der Waals surface area contributed by atoms with Gasteiger partial charge in [-0.25, -0.2) is 8.42 Å². The zero-order chi connectivity index (χ0) is 19.6. The van der Waals surface area contributed by atoms with E-state index in [1.165, 1.54) is 16.0 Å². The van der Waals surface area contributed by atoms with Gasteiger partial charge < -0.3 is 9.32 Å². The first-order valence-corrected chi connectivity index (χ1v) is 11.6. The molecule has 0 bridgehead atoms. The maximum atomic E-state index is 11.6. The van der Waals surface area contributed by atoms with Gasteiger partial charge in [-0.05, 0) is 36.0 Å². The molecular formula is C19H28N3O3S2+. The van der Waals surface area contributed by atoms with Crippen molar-refractivity contribution in [3.05, 3.63) is 46.1 Å². The second kappa shape index (κ2) is 8.24. The van der Waals surface area contributed by atoms with Crippen LogP contribution in [0.2, 0.25) is 0 Å². The molecule has 2 aromatic rings. The molecule has 1 aliphatic rings. The zero-order valence-corrected chi connectivity index (χ0v) is 17.8. The third kappa shape index (κ3) is 5.49. The summed E-state index contributed by atoms with van der Waals surface area (Å²) in [7, 11) is -0.794. The van der Waals surface area contributed by atoms with Gasteiger partial charge in [-0.1, -0.05) is 38.1 Å². The molecule has 1 aromatic carbocycles. The Hall–Kier alpha value is -1.51. The Morgan fingerprint density at radius 1 is 1.33 bits per heavy atom. The molecule has 6 nitrogen and oxygen atoms in total. The molecule has 2 atom stereocenters. The molecule has 2 heterocycles. The molecule has 1 aliphatic heterocycles. The highest BCUT2D eigenvalue weighted by molar-refractivity contribution is 7.91. The van der Waals surface area contributed by atoms with Crippen LogP contribution in [0.3, 0.4) is 0 Å². The van der Waals surface area contributed by atoms with Gasteiger partial charge in [-0.15, -0.1) is 5.10 Å². The lowest BCUT2D eigenvalue weighted by Crippen LogP contribution is -3.07. The summed E-state index contributed by atoms with van der Waals surface area (Å²) < 4.78 is 30.5. The van der Waals surface area contributed by atoms with Crippen molar-refractivity contribution in [2.24, 2.45) is 5.92 Å². The summed E-state index contributed by atoms with van der Waals surface area (Å²) in [6.45, 7) is 5.86. The SMILES string of the molecule is CC(C)c1ccc(C[NH+](C)Cn2nc(C[C@@H]3CCS(=O)(=O)C3)oc2=S)cc1. The van der Waals surface area contributed by atoms with Crippen molar-refractivity contribution in [2.75, 3.05) is 18.6 Å². The van der Waals surface area contributed by atoms with Gasteiger partial charge in [0.1, 0.15) is 6.54 Å². The van der Waals surface area contributed by atoms with Crippen LogP contribution >= 0.6 is 12.2 Å². The number of aromatic nitrogens is 2. The van der Waals surface area contributed by atoms with Crippen LogP contribution in [0.5, 0.6) is 0 Å². The molecule has 1 saturated heterocycles. The molecule has 0 spiro atoms. The summed E-state index contributed by atoms with van der Waals surface area (Å²) in [6.07, 6.45) is 1.21. The Morgan fingerprint density at radius 2 is 2.04 bits per heavy atom. The zero-order valence-electron chi connectivity index (χ0n) is 16.1. The standard InChI is InChI=1S/C19H27N3O3S2/c1-14(2)17-6-4-15(5-7-17)11-21(3)13-22-19(26)25-18(20-22)10-16-8-9-27(23,24)12-16/h4-7,14,16H,8-13H2,1-3H3/p+1/t16-/m0/s1. The third-order valence-corrected chi connectivity index (χ3v) is 7.14. The van der Waals surface area contributed by atoms with Gasteiger partial charge in [-0.3, -0.25) is 0 Å². The summed E-state index contributed by atoms with van der Waals surface area (Å²) >= 11 is 5.29. The van der Waals surface area contributed by atoms with E-state index in [-0.39, 0.29) is 17.4 Å².